The summed E-state index contributed by atoms with van der Waals surface area (Å²) in [6, 6.07) is 8.42. The van der Waals surface area contributed by atoms with E-state index >= 15 is 0 Å². The van der Waals surface area contributed by atoms with Gasteiger partial charge in [0.25, 0.3) is 5.91 Å². The second-order valence-corrected chi connectivity index (χ2v) is 6.54. The van der Waals surface area contributed by atoms with Crippen LogP contribution in [-0.2, 0) is 13.0 Å². The number of benzene rings is 1. The van der Waals surface area contributed by atoms with E-state index in [9.17, 15) is 4.79 Å². The molecule has 0 aliphatic carbocycles. The Morgan fingerprint density at radius 3 is 2.91 bits per heavy atom. The second kappa shape index (κ2) is 8.38. The molecule has 0 bridgehead atoms. The Kier molecular flexibility index (Phi) is 6.50. The summed E-state index contributed by atoms with van der Waals surface area (Å²) in [5.74, 6) is 0.755. The molecule has 0 radical (unpaired) electrons. The molecule has 5 nitrogen and oxygen atoms in total. The normalized spacial score (nSPS) is 13.1. The van der Waals surface area contributed by atoms with Crippen LogP contribution in [0, 0.1) is 6.92 Å². The number of hydrogen-bond donors (Lipinski definition) is 3. The van der Waals surface area contributed by atoms with Crippen molar-refractivity contribution in [3.63, 3.8) is 0 Å². The first-order valence-corrected chi connectivity index (χ1v) is 8.47. The van der Waals surface area contributed by atoms with Gasteiger partial charge in [-0.3, -0.25) is 9.89 Å². The smallest absolute Gasteiger partial charge is 0.272 e. The number of halogens is 1. The van der Waals surface area contributed by atoms with E-state index in [4.69, 9.17) is 0 Å². The highest BCUT2D eigenvalue weighted by Gasteiger charge is 2.20. The van der Waals surface area contributed by atoms with Crippen LogP contribution in [0.4, 0.5) is 0 Å². The van der Waals surface area contributed by atoms with Crippen LogP contribution in [0.25, 0.3) is 0 Å². The number of aromatic nitrogens is 2. The fraction of sp³-hybridized carbons (Fsp3) is 0.375. The molecule has 1 aromatic heterocycles. The number of aryl methyl sites for hydroxylation is 1. The minimum absolute atomic E-state index is 0. The number of nitrogens with one attached hydrogen (secondary N) is 3. The van der Waals surface area contributed by atoms with E-state index in [1.165, 1.54) is 10.5 Å². The van der Waals surface area contributed by atoms with Crippen LogP contribution in [-0.4, -0.2) is 34.9 Å². The molecule has 2 aromatic rings. The van der Waals surface area contributed by atoms with Crippen molar-refractivity contribution in [3.8, 4) is 0 Å². The molecule has 0 unspecified atom stereocenters. The second-order valence-electron chi connectivity index (χ2n) is 5.37. The molecule has 1 aliphatic rings. The average Bonchev–Trinajstić information content (AvgIpc) is 2.97. The third-order valence-corrected chi connectivity index (χ3v) is 4.71. The quantitative estimate of drug-likeness (QED) is 0.570. The molecular weight excluding hydrogens is 332 g/mol. The maximum Gasteiger partial charge on any atom is 0.272 e. The highest BCUT2D eigenvalue weighted by Crippen LogP contribution is 2.18. The SMILES string of the molecule is Cc1ccc(SCCNC(=O)c2n[nH]c3c2CNCC3)cc1.Cl. The Morgan fingerprint density at radius 1 is 1.35 bits per heavy atom. The van der Waals surface area contributed by atoms with Gasteiger partial charge < -0.3 is 10.6 Å². The van der Waals surface area contributed by atoms with Gasteiger partial charge in [-0.15, -0.1) is 24.2 Å². The van der Waals surface area contributed by atoms with E-state index < -0.39 is 0 Å². The van der Waals surface area contributed by atoms with E-state index in [0.29, 0.717) is 18.8 Å². The van der Waals surface area contributed by atoms with E-state index in [2.05, 4.69) is 52.0 Å². The number of amides is 1. The zero-order valence-electron chi connectivity index (χ0n) is 13.0. The molecule has 3 N–H and O–H groups in total. The average molecular weight is 353 g/mol. The van der Waals surface area contributed by atoms with Crippen LogP contribution in [0.5, 0.6) is 0 Å². The monoisotopic (exact) mass is 352 g/mol. The molecule has 0 atom stereocenters. The fourth-order valence-electron chi connectivity index (χ4n) is 2.46. The molecule has 0 fully saturated rings. The van der Waals surface area contributed by atoms with E-state index in [0.717, 1.165) is 30.0 Å². The summed E-state index contributed by atoms with van der Waals surface area (Å²) in [7, 11) is 0. The third kappa shape index (κ3) is 4.50. The number of thioether (sulfide) groups is 1. The van der Waals surface area contributed by atoms with Crippen LogP contribution >= 0.6 is 24.2 Å². The number of aromatic amines is 1. The molecule has 1 aromatic carbocycles. The zero-order chi connectivity index (χ0) is 15.4. The minimum Gasteiger partial charge on any atom is -0.350 e. The number of carbonyl (C=O) groups excluding carboxylic acids is 1. The Balaban J connectivity index is 0.00000192. The van der Waals surface area contributed by atoms with E-state index in [1.54, 1.807) is 11.8 Å². The molecule has 0 spiro atoms. The summed E-state index contributed by atoms with van der Waals surface area (Å²) in [4.78, 5) is 13.4. The van der Waals surface area contributed by atoms with Crippen LogP contribution in [0.15, 0.2) is 29.2 Å². The summed E-state index contributed by atoms with van der Waals surface area (Å²) in [6.45, 7) is 4.36. The summed E-state index contributed by atoms with van der Waals surface area (Å²) in [6.07, 6.45) is 0.902. The molecular formula is C16H21ClN4OS. The standard InChI is InChI=1S/C16H20N4OS.ClH/c1-11-2-4-12(5-3-11)22-9-8-18-16(21)15-13-10-17-7-6-14(13)19-20-15;/h2-5,17H,6-10H2,1H3,(H,18,21)(H,19,20);1H. The van der Waals surface area contributed by atoms with Crippen LogP contribution < -0.4 is 10.6 Å². The van der Waals surface area contributed by atoms with Gasteiger partial charge in [0.1, 0.15) is 0 Å². The van der Waals surface area contributed by atoms with E-state index in [-0.39, 0.29) is 18.3 Å². The van der Waals surface area contributed by atoms with Gasteiger partial charge in [-0.1, -0.05) is 17.7 Å². The van der Waals surface area contributed by atoms with Crippen molar-refractivity contribution in [3.05, 3.63) is 46.8 Å². The lowest BCUT2D eigenvalue weighted by Gasteiger charge is -2.12. The minimum atomic E-state index is -0.0919. The molecule has 23 heavy (non-hydrogen) atoms. The number of carbonyl (C=O) groups is 1. The van der Waals surface area contributed by atoms with Gasteiger partial charge in [0.15, 0.2) is 5.69 Å². The van der Waals surface area contributed by atoms with Gasteiger partial charge in [-0.2, -0.15) is 5.10 Å². The first-order valence-electron chi connectivity index (χ1n) is 7.48. The van der Waals surface area contributed by atoms with Gasteiger partial charge in [-0.25, -0.2) is 0 Å². The molecule has 0 saturated carbocycles. The molecule has 1 amide bonds. The Labute approximate surface area is 146 Å². The largest absolute Gasteiger partial charge is 0.350 e. The number of fused-ring (bicyclic) bond motifs is 1. The Bertz CT molecular complexity index is 657. The van der Waals surface area contributed by atoms with Crippen molar-refractivity contribution in [2.45, 2.75) is 24.8 Å². The molecule has 124 valence electrons. The summed E-state index contributed by atoms with van der Waals surface area (Å²) in [5, 5.41) is 13.4. The summed E-state index contributed by atoms with van der Waals surface area (Å²) >= 11 is 1.74. The van der Waals surface area contributed by atoms with Gasteiger partial charge in [-0.05, 0) is 19.1 Å². The predicted octanol–water partition coefficient (Wildman–Crippen LogP) is 2.31. The lowest BCUT2D eigenvalue weighted by Crippen LogP contribution is -2.29. The number of H-pyrrole nitrogens is 1. The molecule has 0 saturated heterocycles. The third-order valence-electron chi connectivity index (χ3n) is 3.70. The number of nitrogens with zero attached hydrogens (tertiary/aromatic N) is 1. The van der Waals surface area contributed by atoms with E-state index in [1.807, 2.05) is 0 Å². The molecule has 1 aliphatic heterocycles. The Morgan fingerprint density at radius 2 is 2.13 bits per heavy atom. The van der Waals surface area contributed by atoms with Crippen molar-refractivity contribution >= 4 is 30.1 Å². The van der Waals surface area contributed by atoms with Crippen LogP contribution in [0.3, 0.4) is 0 Å². The zero-order valence-corrected chi connectivity index (χ0v) is 14.6. The van der Waals surface area contributed by atoms with Gasteiger partial charge in [0, 0.05) is 48.0 Å². The van der Waals surface area contributed by atoms with Crippen molar-refractivity contribution in [1.82, 2.24) is 20.8 Å². The van der Waals surface area contributed by atoms with Crippen LogP contribution in [0.2, 0.25) is 0 Å². The summed E-state index contributed by atoms with van der Waals surface area (Å²) < 4.78 is 0. The molecule has 7 heteroatoms. The molecule has 3 rings (SSSR count). The van der Waals surface area contributed by atoms with Crippen molar-refractivity contribution < 1.29 is 4.79 Å². The first kappa shape index (κ1) is 17.8. The lowest BCUT2D eigenvalue weighted by molar-refractivity contribution is 0.0950. The number of rotatable bonds is 5. The first-order chi connectivity index (χ1) is 10.7. The van der Waals surface area contributed by atoms with Gasteiger partial charge >= 0.3 is 0 Å². The molecule has 2 heterocycles. The topological polar surface area (TPSA) is 69.8 Å². The van der Waals surface area contributed by atoms with Crippen molar-refractivity contribution in [2.75, 3.05) is 18.8 Å². The fourth-order valence-corrected chi connectivity index (χ4v) is 3.23. The Hall–Kier alpha value is -1.50. The van der Waals surface area contributed by atoms with Crippen molar-refractivity contribution in [2.24, 2.45) is 0 Å². The van der Waals surface area contributed by atoms with Gasteiger partial charge in [0.2, 0.25) is 0 Å². The highest BCUT2D eigenvalue weighted by atomic mass is 35.5. The van der Waals surface area contributed by atoms with Crippen LogP contribution in [0.1, 0.15) is 27.3 Å². The lowest BCUT2D eigenvalue weighted by atomic mass is 10.1. The van der Waals surface area contributed by atoms with Crippen molar-refractivity contribution in [1.29, 1.82) is 0 Å². The highest BCUT2D eigenvalue weighted by molar-refractivity contribution is 7.99. The maximum atomic E-state index is 12.2. The maximum absolute atomic E-state index is 12.2. The summed E-state index contributed by atoms with van der Waals surface area (Å²) in [5.41, 5.74) is 3.88. The van der Waals surface area contributed by atoms with Gasteiger partial charge in [0.05, 0.1) is 0 Å². The predicted molar refractivity (Wildman–Crippen MR) is 95.5 cm³/mol. The number of hydrogen-bond acceptors (Lipinski definition) is 4.